The maximum Gasteiger partial charge on any atom is 0.342 e. The first kappa shape index (κ1) is 17.2. The molecular weight excluding hydrogens is 364 g/mol. The van der Waals surface area contributed by atoms with Gasteiger partial charge in [0, 0.05) is 0 Å². The van der Waals surface area contributed by atoms with E-state index in [0.717, 1.165) is 10.6 Å². The summed E-state index contributed by atoms with van der Waals surface area (Å²) in [5.74, 6) is 0.265. The maximum absolute atomic E-state index is 12.6. The van der Waals surface area contributed by atoms with Gasteiger partial charge in [0.15, 0.2) is 6.61 Å². The van der Waals surface area contributed by atoms with Crippen LogP contribution in [0.4, 0.5) is 0 Å². The minimum atomic E-state index is -0.469. The number of hydrogen-bond donors (Lipinski definition) is 0. The molecule has 0 atom stereocenters. The number of esters is 1. The Morgan fingerprint density at radius 1 is 1.19 bits per heavy atom. The minimum absolute atomic E-state index is 0.0907. The van der Waals surface area contributed by atoms with E-state index in [0.29, 0.717) is 22.8 Å². The molecule has 0 spiro atoms. The van der Waals surface area contributed by atoms with Crippen molar-refractivity contribution in [2.45, 2.75) is 20.5 Å². The van der Waals surface area contributed by atoms with E-state index in [9.17, 15) is 4.79 Å². The Hall–Kier alpha value is -3.26. The van der Waals surface area contributed by atoms with Crippen molar-refractivity contribution in [3.05, 3.63) is 70.7 Å². The van der Waals surface area contributed by atoms with Gasteiger partial charge in [0.05, 0.1) is 22.0 Å². The van der Waals surface area contributed by atoms with E-state index >= 15 is 0 Å². The average molecular weight is 380 g/mol. The summed E-state index contributed by atoms with van der Waals surface area (Å²) < 4.78 is 12.3. The van der Waals surface area contributed by atoms with Crippen molar-refractivity contribution in [1.29, 1.82) is 0 Å². The van der Waals surface area contributed by atoms with Crippen LogP contribution < -0.4 is 0 Å². The second-order valence-electron chi connectivity index (χ2n) is 5.86. The molecule has 1 aromatic carbocycles. The molecule has 0 saturated carbocycles. The number of aromatic nitrogens is 4. The molecular formula is C19H16N4O3S. The number of hydrogen-bond acceptors (Lipinski definition) is 7. The van der Waals surface area contributed by atoms with Gasteiger partial charge in [-0.2, -0.15) is 10.1 Å². The van der Waals surface area contributed by atoms with Crippen LogP contribution in [0.3, 0.4) is 0 Å². The van der Waals surface area contributed by atoms with Crippen LogP contribution in [0.1, 0.15) is 27.6 Å². The third kappa shape index (κ3) is 3.39. The van der Waals surface area contributed by atoms with Gasteiger partial charge in [0.2, 0.25) is 5.82 Å². The van der Waals surface area contributed by atoms with Crippen LogP contribution in [-0.4, -0.2) is 25.9 Å². The quantitative estimate of drug-likeness (QED) is 0.487. The number of aryl methyl sites for hydroxylation is 1. The lowest BCUT2D eigenvalue weighted by Crippen LogP contribution is -2.08. The van der Waals surface area contributed by atoms with Gasteiger partial charge < -0.3 is 9.26 Å². The van der Waals surface area contributed by atoms with Gasteiger partial charge in [0.25, 0.3) is 5.89 Å². The molecule has 4 aromatic rings. The molecule has 0 unspecified atom stereocenters. The molecule has 8 heteroatoms. The molecule has 0 saturated heterocycles. The molecule has 0 aliphatic heterocycles. The first-order valence-electron chi connectivity index (χ1n) is 8.28. The zero-order valence-corrected chi connectivity index (χ0v) is 15.6. The normalized spacial score (nSPS) is 10.9. The van der Waals surface area contributed by atoms with Crippen LogP contribution in [0.15, 0.2) is 52.4 Å². The molecule has 0 amide bonds. The Kier molecular flexibility index (Phi) is 4.55. The topological polar surface area (TPSA) is 83.0 Å². The van der Waals surface area contributed by atoms with E-state index in [4.69, 9.17) is 9.26 Å². The fraction of sp³-hybridized carbons (Fsp3) is 0.158. The van der Waals surface area contributed by atoms with E-state index in [1.165, 1.54) is 11.3 Å². The Morgan fingerprint density at radius 2 is 2.00 bits per heavy atom. The van der Waals surface area contributed by atoms with E-state index < -0.39 is 5.97 Å². The largest absolute Gasteiger partial charge is 0.452 e. The number of rotatable bonds is 5. The summed E-state index contributed by atoms with van der Waals surface area (Å²) in [6, 6.07) is 13.4. The third-order valence-corrected chi connectivity index (χ3v) is 4.90. The van der Waals surface area contributed by atoms with Crippen LogP contribution in [0.5, 0.6) is 0 Å². The summed E-state index contributed by atoms with van der Waals surface area (Å²) >= 11 is 1.51. The highest BCUT2D eigenvalue weighted by molar-refractivity contribution is 7.13. The SMILES string of the molecule is Cc1nn(-c2ccccc2)c(C)c1C(=O)OCc1nc(-c2cccs2)no1. The number of benzene rings is 1. The highest BCUT2D eigenvalue weighted by atomic mass is 32.1. The fourth-order valence-electron chi connectivity index (χ4n) is 2.78. The molecule has 0 bridgehead atoms. The van der Waals surface area contributed by atoms with Gasteiger partial charge in [-0.25, -0.2) is 9.48 Å². The van der Waals surface area contributed by atoms with E-state index in [1.807, 2.05) is 54.8 Å². The molecule has 0 N–H and O–H groups in total. The summed E-state index contributed by atoms with van der Waals surface area (Å²) in [6.45, 7) is 3.53. The van der Waals surface area contributed by atoms with E-state index in [1.54, 1.807) is 11.6 Å². The molecule has 3 aromatic heterocycles. The van der Waals surface area contributed by atoms with E-state index in [2.05, 4.69) is 15.2 Å². The smallest absolute Gasteiger partial charge is 0.342 e. The van der Waals surface area contributed by atoms with Gasteiger partial charge in [-0.05, 0) is 37.4 Å². The monoisotopic (exact) mass is 380 g/mol. The van der Waals surface area contributed by atoms with Gasteiger partial charge in [-0.3, -0.25) is 0 Å². The minimum Gasteiger partial charge on any atom is -0.452 e. The highest BCUT2D eigenvalue weighted by Crippen LogP contribution is 2.22. The number of ether oxygens (including phenoxy) is 1. The zero-order chi connectivity index (χ0) is 18.8. The Labute approximate surface area is 159 Å². The van der Waals surface area contributed by atoms with Crippen molar-refractivity contribution in [2.75, 3.05) is 0 Å². The molecule has 7 nitrogen and oxygen atoms in total. The first-order valence-corrected chi connectivity index (χ1v) is 9.16. The van der Waals surface area contributed by atoms with E-state index in [-0.39, 0.29) is 12.5 Å². The van der Waals surface area contributed by atoms with Gasteiger partial charge >= 0.3 is 5.97 Å². The van der Waals surface area contributed by atoms with Crippen molar-refractivity contribution >= 4 is 17.3 Å². The lowest BCUT2D eigenvalue weighted by atomic mass is 10.2. The Morgan fingerprint density at radius 3 is 2.74 bits per heavy atom. The number of thiophene rings is 1. The third-order valence-electron chi connectivity index (χ3n) is 4.03. The number of carbonyl (C=O) groups is 1. The van der Waals surface area contributed by atoms with Crippen molar-refractivity contribution in [2.24, 2.45) is 0 Å². The van der Waals surface area contributed by atoms with Crippen molar-refractivity contribution < 1.29 is 14.1 Å². The molecule has 4 rings (SSSR count). The molecule has 3 heterocycles. The summed E-state index contributed by atoms with van der Waals surface area (Å²) in [6.07, 6.45) is 0. The summed E-state index contributed by atoms with van der Waals surface area (Å²) in [4.78, 5) is 17.7. The lowest BCUT2D eigenvalue weighted by Gasteiger charge is -2.05. The molecule has 27 heavy (non-hydrogen) atoms. The predicted octanol–water partition coefficient (Wildman–Crippen LogP) is 3.96. The molecule has 136 valence electrons. The van der Waals surface area contributed by atoms with Crippen molar-refractivity contribution in [3.8, 4) is 16.4 Å². The van der Waals surface area contributed by atoms with Crippen LogP contribution >= 0.6 is 11.3 Å². The fourth-order valence-corrected chi connectivity index (χ4v) is 3.43. The number of carbonyl (C=O) groups excluding carboxylic acids is 1. The zero-order valence-electron chi connectivity index (χ0n) is 14.7. The molecule has 0 radical (unpaired) electrons. The van der Waals surface area contributed by atoms with Crippen LogP contribution in [0.2, 0.25) is 0 Å². The van der Waals surface area contributed by atoms with Gasteiger partial charge in [-0.15, -0.1) is 11.3 Å². The second kappa shape index (κ2) is 7.16. The number of nitrogens with zero attached hydrogens (tertiary/aromatic N) is 4. The summed E-state index contributed by atoms with van der Waals surface area (Å²) in [7, 11) is 0. The molecule has 0 fully saturated rings. The molecule has 0 aliphatic carbocycles. The highest BCUT2D eigenvalue weighted by Gasteiger charge is 2.21. The van der Waals surface area contributed by atoms with Crippen molar-refractivity contribution in [1.82, 2.24) is 19.9 Å². The van der Waals surface area contributed by atoms with Crippen LogP contribution in [-0.2, 0) is 11.3 Å². The Bertz CT molecular complexity index is 1070. The Balaban J connectivity index is 1.50. The molecule has 0 aliphatic rings. The standard InChI is InChI=1S/C19H16N4O3S/c1-12-17(13(2)23(21-12)14-7-4-3-5-8-14)19(24)25-11-16-20-18(22-26-16)15-9-6-10-27-15/h3-10H,11H2,1-2H3. The summed E-state index contributed by atoms with van der Waals surface area (Å²) in [5.41, 5.74) is 2.64. The lowest BCUT2D eigenvalue weighted by molar-refractivity contribution is 0.0428. The number of para-hydroxylation sites is 1. The van der Waals surface area contributed by atoms with Gasteiger partial charge in [-0.1, -0.05) is 29.4 Å². The average Bonchev–Trinajstić information content (AvgIpc) is 3.41. The van der Waals surface area contributed by atoms with Crippen LogP contribution in [0.25, 0.3) is 16.4 Å². The van der Waals surface area contributed by atoms with Crippen molar-refractivity contribution in [3.63, 3.8) is 0 Å². The van der Waals surface area contributed by atoms with Crippen LogP contribution in [0, 0.1) is 13.8 Å². The maximum atomic E-state index is 12.6. The first-order chi connectivity index (χ1) is 13.1. The predicted molar refractivity (Wildman–Crippen MR) is 99.8 cm³/mol. The second-order valence-corrected chi connectivity index (χ2v) is 6.81. The summed E-state index contributed by atoms with van der Waals surface area (Å²) in [5, 5.41) is 10.3. The van der Waals surface area contributed by atoms with Gasteiger partial charge in [0.1, 0.15) is 5.56 Å².